The largest absolute Gasteiger partial charge is 0.373 e. The van der Waals surface area contributed by atoms with Crippen LogP contribution in [0.4, 0.5) is 15.8 Å². The lowest BCUT2D eigenvalue weighted by molar-refractivity contribution is -0.121. The van der Waals surface area contributed by atoms with Crippen molar-refractivity contribution in [1.82, 2.24) is 0 Å². The average Bonchev–Trinajstić information content (AvgIpc) is 2.76. The Morgan fingerprint density at radius 3 is 2.61 bits per heavy atom. The van der Waals surface area contributed by atoms with Gasteiger partial charge in [0.15, 0.2) is 0 Å². The lowest BCUT2D eigenvalue weighted by atomic mass is 10.1. The predicted molar refractivity (Wildman–Crippen MR) is 86.8 cm³/mol. The van der Waals surface area contributed by atoms with Crippen LogP contribution >= 0.6 is 0 Å². The van der Waals surface area contributed by atoms with Crippen LogP contribution in [-0.4, -0.2) is 17.9 Å². The fraction of sp³-hybridized carbons (Fsp3) is 0.222. The highest BCUT2D eigenvalue weighted by Crippen LogP contribution is 2.26. The second-order valence-corrected chi connectivity index (χ2v) is 5.77. The van der Waals surface area contributed by atoms with Gasteiger partial charge in [-0.05, 0) is 43.7 Å². The Kier molecular flexibility index (Phi) is 3.86. The van der Waals surface area contributed by atoms with E-state index in [0.717, 1.165) is 21.7 Å². The number of nitrogens with zero attached hydrogens (tertiary/aromatic N) is 1. The zero-order chi connectivity index (χ0) is 16.6. The van der Waals surface area contributed by atoms with Crippen LogP contribution in [0.3, 0.4) is 0 Å². The summed E-state index contributed by atoms with van der Waals surface area (Å²) in [5.41, 5.74) is 3.23. The van der Waals surface area contributed by atoms with Gasteiger partial charge in [0.25, 0.3) is 5.91 Å². The van der Waals surface area contributed by atoms with Gasteiger partial charge in [0.1, 0.15) is 11.9 Å². The van der Waals surface area contributed by atoms with E-state index in [1.165, 1.54) is 18.2 Å². The molecule has 3 rings (SSSR count). The van der Waals surface area contributed by atoms with E-state index >= 15 is 0 Å². The number of halogens is 1. The summed E-state index contributed by atoms with van der Waals surface area (Å²) in [5, 5.41) is 3.13. The van der Waals surface area contributed by atoms with Gasteiger partial charge in [0.05, 0.1) is 12.1 Å². The monoisotopic (exact) mass is 312 g/mol. The molecule has 4 nitrogen and oxygen atoms in total. The van der Waals surface area contributed by atoms with Gasteiger partial charge in [-0.2, -0.15) is 0 Å². The number of hydrogen-bond acceptors (Lipinski definition) is 3. The molecular formula is C18H17FN2O2. The zero-order valence-electron chi connectivity index (χ0n) is 13.0. The summed E-state index contributed by atoms with van der Waals surface area (Å²) >= 11 is 0. The molecule has 118 valence electrons. The molecule has 1 N–H and O–H groups in total. The van der Waals surface area contributed by atoms with Gasteiger partial charge in [-0.25, -0.2) is 9.29 Å². The number of carbonyl (C=O) groups excluding carboxylic acids is 2. The van der Waals surface area contributed by atoms with Crippen molar-refractivity contribution in [3.8, 4) is 0 Å². The molecule has 0 aromatic heterocycles. The first-order chi connectivity index (χ1) is 11.0. The van der Waals surface area contributed by atoms with Crippen molar-refractivity contribution >= 4 is 23.2 Å². The molecule has 2 amide bonds. The molecule has 1 fully saturated rings. The highest BCUT2D eigenvalue weighted by Gasteiger charge is 2.39. The number of amides is 2. The molecule has 0 saturated carbocycles. The van der Waals surface area contributed by atoms with Gasteiger partial charge in [-0.15, -0.1) is 0 Å². The third-order valence-corrected chi connectivity index (χ3v) is 3.92. The van der Waals surface area contributed by atoms with Crippen molar-refractivity contribution in [1.29, 1.82) is 0 Å². The Morgan fingerprint density at radius 2 is 1.91 bits per heavy atom. The minimum absolute atomic E-state index is 0.0582. The van der Waals surface area contributed by atoms with E-state index in [4.69, 9.17) is 0 Å². The van der Waals surface area contributed by atoms with E-state index in [2.05, 4.69) is 5.32 Å². The molecule has 1 heterocycles. The minimum Gasteiger partial charge on any atom is -0.373 e. The van der Waals surface area contributed by atoms with Crippen LogP contribution in [0.15, 0.2) is 42.5 Å². The second-order valence-electron chi connectivity index (χ2n) is 5.77. The van der Waals surface area contributed by atoms with Crippen molar-refractivity contribution in [2.75, 3.05) is 10.2 Å². The zero-order valence-corrected chi connectivity index (χ0v) is 13.0. The van der Waals surface area contributed by atoms with Crippen molar-refractivity contribution in [2.45, 2.75) is 26.3 Å². The van der Waals surface area contributed by atoms with Gasteiger partial charge >= 0.3 is 0 Å². The summed E-state index contributed by atoms with van der Waals surface area (Å²) < 4.78 is 13.3. The van der Waals surface area contributed by atoms with Crippen molar-refractivity contribution < 1.29 is 14.0 Å². The Balaban J connectivity index is 1.84. The summed E-state index contributed by atoms with van der Waals surface area (Å²) in [6.45, 7) is 3.94. The van der Waals surface area contributed by atoms with Crippen LogP contribution in [0.1, 0.15) is 17.5 Å². The highest BCUT2D eigenvalue weighted by atomic mass is 19.1. The van der Waals surface area contributed by atoms with Crippen LogP contribution in [-0.2, 0) is 9.59 Å². The van der Waals surface area contributed by atoms with Gasteiger partial charge in [0, 0.05) is 5.69 Å². The number of aryl methyl sites for hydroxylation is 2. The highest BCUT2D eigenvalue weighted by molar-refractivity contribution is 6.23. The number of benzene rings is 2. The molecule has 1 aliphatic heterocycles. The topological polar surface area (TPSA) is 49.4 Å². The third kappa shape index (κ3) is 2.95. The first-order valence-corrected chi connectivity index (χ1v) is 7.42. The Bertz CT molecular complexity index is 788. The van der Waals surface area contributed by atoms with Gasteiger partial charge < -0.3 is 5.32 Å². The summed E-state index contributed by atoms with van der Waals surface area (Å²) in [7, 11) is 0. The van der Waals surface area contributed by atoms with Gasteiger partial charge in [-0.1, -0.05) is 23.8 Å². The summed E-state index contributed by atoms with van der Waals surface area (Å²) in [6.07, 6.45) is 0.0582. The smallest absolute Gasteiger partial charge is 0.256 e. The van der Waals surface area contributed by atoms with E-state index in [1.54, 1.807) is 6.07 Å². The number of anilines is 2. The number of rotatable bonds is 3. The molecule has 1 saturated heterocycles. The molecule has 2 aromatic carbocycles. The van der Waals surface area contributed by atoms with E-state index in [-0.39, 0.29) is 23.9 Å². The lowest BCUT2D eigenvalue weighted by Gasteiger charge is -2.17. The first-order valence-electron chi connectivity index (χ1n) is 7.42. The van der Waals surface area contributed by atoms with Crippen molar-refractivity contribution in [3.63, 3.8) is 0 Å². The molecule has 0 aliphatic carbocycles. The third-order valence-electron chi connectivity index (χ3n) is 3.92. The normalized spacial score (nSPS) is 17.7. The fourth-order valence-corrected chi connectivity index (χ4v) is 2.79. The van der Waals surface area contributed by atoms with E-state index in [1.807, 2.05) is 32.0 Å². The first kappa shape index (κ1) is 15.2. The molecule has 0 bridgehead atoms. The molecule has 1 aliphatic rings. The minimum atomic E-state index is -0.632. The Hall–Kier alpha value is -2.69. The van der Waals surface area contributed by atoms with Gasteiger partial charge in [0.2, 0.25) is 5.91 Å². The van der Waals surface area contributed by atoms with Crippen molar-refractivity contribution in [3.05, 3.63) is 59.4 Å². The number of carbonyl (C=O) groups is 2. The standard InChI is InChI=1S/C18H17FN2O2/c1-11-6-7-15(12(2)8-11)20-16-10-17(22)21(18(16)23)14-5-3-4-13(19)9-14/h3-9,16,20H,10H2,1-2H3/t16-/m1/s1. The summed E-state index contributed by atoms with van der Waals surface area (Å²) in [5.74, 6) is -1.17. The van der Waals surface area contributed by atoms with Crippen LogP contribution in [0, 0.1) is 19.7 Å². The lowest BCUT2D eigenvalue weighted by Crippen LogP contribution is -2.35. The quantitative estimate of drug-likeness (QED) is 0.886. The fourth-order valence-electron chi connectivity index (χ4n) is 2.79. The van der Waals surface area contributed by atoms with Crippen LogP contribution in [0.25, 0.3) is 0 Å². The second kappa shape index (κ2) is 5.83. The van der Waals surface area contributed by atoms with E-state index in [9.17, 15) is 14.0 Å². The molecule has 0 spiro atoms. The number of hydrogen-bond donors (Lipinski definition) is 1. The molecule has 0 radical (unpaired) electrons. The number of imide groups is 1. The van der Waals surface area contributed by atoms with Gasteiger partial charge in [-0.3, -0.25) is 9.59 Å². The average molecular weight is 312 g/mol. The number of nitrogens with one attached hydrogen (secondary N) is 1. The molecule has 0 unspecified atom stereocenters. The molecule has 23 heavy (non-hydrogen) atoms. The SMILES string of the molecule is Cc1ccc(N[C@@H]2CC(=O)N(c3cccc(F)c3)C2=O)c(C)c1. The predicted octanol–water partition coefficient (Wildman–Crippen LogP) is 3.19. The Labute approximate surface area is 133 Å². The maximum Gasteiger partial charge on any atom is 0.256 e. The maximum absolute atomic E-state index is 13.3. The maximum atomic E-state index is 13.3. The molecule has 5 heteroatoms. The van der Waals surface area contributed by atoms with Crippen LogP contribution < -0.4 is 10.2 Å². The van der Waals surface area contributed by atoms with Crippen LogP contribution in [0.2, 0.25) is 0 Å². The summed E-state index contributed by atoms with van der Waals surface area (Å²) in [6, 6.07) is 10.7. The molecular weight excluding hydrogens is 295 g/mol. The molecule has 2 aromatic rings. The van der Waals surface area contributed by atoms with E-state index in [0.29, 0.717) is 0 Å². The van der Waals surface area contributed by atoms with Crippen molar-refractivity contribution in [2.24, 2.45) is 0 Å². The summed E-state index contributed by atoms with van der Waals surface area (Å²) in [4.78, 5) is 25.8. The van der Waals surface area contributed by atoms with Crippen LogP contribution in [0.5, 0.6) is 0 Å². The molecule has 1 atom stereocenters. The Morgan fingerprint density at radius 1 is 1.13 bits per heavy atom. The van der Waals surface area contributed by atoms with E-state index < -0.39 is 11.9 Å².